The van der Waals surface area contributed by atoms with E-state index >= 15 is 0 Å². The van der Waals surface area contributed by atoms with Crippen molar-refractivity contribution in [2.45, 2.75) is 62.9 Å². The van der Waals surface area contributed by atoms with Gasteiger partial charge in [-0.15, -0.1) is 0 Å². The first-order chi connectivity index (χ1) is 16.1. The quantitative estimate of drug-likeness (QED) is 0.687. The van der Waals surface area contributed by atoms with Crippen LogP contribution in [0.2, 0.25) is 0 Å². The van der Waals surface area contributed by atoms with Crippen LogP contribution < -0.4 is 4.90 Å². The van der Waals surface area contributed by atoms with E-state index in [1.807, 2.05) is 6.07 Å². The number of carboxylic acid groups (broad SMARTS) is 1. The van der Waals surface area contributed by atoms with Crippen molar-refractivity contribution in [2.24, 2.45) is 0 Å². The lowest BCUT2D eigenvalue weighted by atomic mass is 9.75. The van der Waals surface area contributed by atoms with Crippen LogP contribution in [0.3, 0.4) is 0 Å². The molecule has 2 aromatic rings. The van der Waals surface area contributed by atoms with Crippen LogP contribution >= 0.6 is 0 Å². The number of fused-ring (bicyclic) bond motifs is 3. The molecule has 3 aliphatic rings. The van der Waals surface area contributed by atoms with Gasteiger partial charge in [-0.3, -0.25) is 4.79 Å². The summed E-state index contributed by atoms with van der Waals surface area (Å²) in [6, 6.07) is 7.19. The maximum atomic E-state index is 13.6. The zero-order chi connectivity index (χ0) is 24.3. The van der Waals surface area contributed by atoms with Crippen LogP contribution in [0.4, 0.5) is 23.7 Å². The maximum Gasteiger partial charge on any atom is 0.407 e. The van der Waals surface area contributed by atoms with E-state index in [1.165, 1.54) is 4.90 Å². The van der Waals surface area contributed by atoms with Gasteiger partial charge in [-0.25, -0.2) is 9.78 Å². The number of anilines is 1. The number of likely N-dealkylation sites (tertiary alicyclic amines) is 1. The van der Waals surface area contributed by atoms with Crippen LogP contribution in [0.5, 0.6) is 0 Å². The number of aliphatic hydroxyl groups is 1. The molecule has 0 radical (unpaired) electrons. The van der Waals surface area contributed by atoms with Crippen molar-refractivity contribution in [2.75, 3.05) is 18.0 Å². The number of imidazole rings is 1. The summed E-state index contributed by atoms with van der Waals surface area (Å²) >= 11 is 0. The van der Waals surface area contributed by atoms with Crippen molar-refractivity contribution in [1.82, 2.24) is 14.5 Å². The number of aliphatic hydroxyl groups excluding tert-OH is 1. The number of benzene rings is 1. The monoisotopic (exact) mass is 478 g/mol. The van der Waals surface area contributed by atoms with Gasteiger partial charge in [-0.2, -0.15) is 13.2 Å². The van der Waals surface area contributed by atoms with Gasteiger partial charge in [0.05, 0.1) is 24.0 Å². The van der Waals surface area contributed by atoms with Gasteiger partial charge in [0, 0.05) is 31.7 Å². The molecule has 11 heteroatoms. The van der Waals surface area contributed by atoms with Crippen LogP contribution in [0, 0.1) is 0 Å². The van der Waals surface area contributed by atoms with Gasteiger partial charge in [0.2, 0.25) is 5.91 Å². The maximum absolute atomic E-state index is 13.6. The van der Waals surface area contributed by atoms with Crippen LogP contribution in [0.25, 0.3) is 0 Å². The molecule has 34 heavy (non-hydrogen) atoms. The van der Waals surface area contributed by atoms with Crippen molar-refractivity contribution in [3.05, 3.63) is 47.0 Å². The number of alkyl halides is 3. The van der Waals surface area contributed by atoms with E-state index in [0.29, 0.717) is 35.7 Å². The average Bonchev–Trinajstić information content (AvgIpc) is 3.20. The summed E-state index contributed by atoms with van der Waals surface area (Å²) in [6.07, 6.45) is -5.42. The Morgan fingerprint density at radius 1 is 1.24 bits per heavy atom. The fourth-order valence-electron chi connectivity index (χ4n) is 5.47. The summed E-state index contributed by atoms with van der Waals surface area (Å²) in [4.78, 5) is 32.3. The zero-order valence-electron chi connectivity index (χ0n) is 18.4. The number of carbonyl (C=O) groups is 2. The summed E-state index contributed by atoms with van der Waals surface area (Å²) in [7, 11) is 0. The zero-order valence-corrected chi connectivity index (χ0v) is 18.4. The number of carbonyl (C=O) groups excluding carboxylic acids is 1. The number of hydrogen-bond donors (Lipinski definition) is 2. The topological polar surface area (TPSA) is 98.9 Å². The normalized spacial score (nSPS) is 20.9. The molecule has 3 heterocycles. The first-order valence-corrected chi connectivity index (χ1v) is 11.3. The highest BCUT2D eigenvalue weighted by molar-refractivity contribution is 6.09. The van der Waals surface area contributed by atoms with Gasteiger partial charge >= 0.3 is 12.3 Å². The second-order valence-electron chi connectivity index (χ2n) is 9.27. The number of aromatic nitrogens is 2. The van der Waals surface area contributed by atoms with Crippen molar-refractivity contribution in [3.8, 4) is 0 Å². The van der Waals surface area contributed by atoms with Crippen LogP contribution in [-0.2, 0) is 29.7 Å². The molecule has 2 N–H and O–H groups in total. The molecular formula is C23H25F3N4O4. The van der Waals surface area contributed by atoms with Crippen molar-refractivity contribution in [1.29, 1.82) is 0 Å². The Labute approximate surface area is 193 Å². The number of aryl methyl sites for hydroxylation is 1. The lowest BCUT2D eigenvalue weighted by Crippen LogP contribution is -2.65. The summed E-state index contributed by atoms with van der Waals surface area (Å²) in [6.45, 7) is 0.195. The predicted octanol–water partition coefficient (Wildman–Crippen LogP) is 3.37. The Morgan fingerprint density at radius 3 is 2.68 bits per heavy atom. The average molecular weight is 478 g/mol. The number of nitrogens with zero attached hydrogens (tertiary/aromatic N) is 4. The molecular weight excluding hydrogens is 453 g/mol. The summed E-state index contributed by atoms with van der Waals surface area (Å²) in [5.74, 6) is 0.192. The number of hydrogen-bond acceptors (Lipinski definition) is 4. The lowest BCUT2D eigenvalue weighted by molar-refractivity contribution is -0.136. The molecule has 1 spiro atoms. The second kappa shape index (κ2) is 8.00. The van der Waals surface area contributed by atoms with Crippen molar-refractivity contribution >= 4 is 17.7 Å². The molecule has 1 aliphatic carbocycles. The standard InChI is InChI=1S/C23H25F3N4O4/c24-23(25,26)9-4-10-29-18(27-15-6-3-8-17(31)19(15)29)11-30-16-7-2-1-5-14(16)22(20(30)32)12-28(13-22)21(33)34/h1-2,5,7,17,31H,3-4,6,8-13H2,(H,33,34). The first-order valence-electron chi connectivity index (χ1n) is 11.3. The minimum Gasteiger partial charge on any atom is -0.465 e. The minimum atomic E-state index is -4.28. The molecule has 1 aromatic heterocycles. The number of rotatable bonds is 5. The number of halogens is 3. The van der Waals surface area contributed by atoms with E-state index in [0.717, 1.165) is 12.0 Å². The predicted molar refractivity (Wildman–Crippen MR) is 114 cm³/mol. The molecule has 1 fully saturated rings. The molecule has 5 rings (SSSR count). The third kappa shape index (κ3) is 3.62. The summed E-state index contributed by atoms with van der Waals surface area (Å²) < 4.78 is 40.0. The van der Waals surface area contributed by atoms with Crippen LogP contribution in [0.15, 0.2) is 24.3 Å². The van der Waals surface area contributed by atoms with E-state index in [-0.39, 0.29) is 38.5 Å². The van der Waals surface area contributed by atoms with Crippen LogP contribution in [0.1, 0.15) is 54.6 Å². The van der Waals surface area contributed by atoms with E-state index in [9.17, 15) is 33.0 Å². The third-order valence-corrected chi connectivity index (χ3v) is 7.07. The Kier molecular flexibility index (Phi) is 5.34. The van der Waals surface area contributed by atoms with Gasteiger partial charge in [0.1, 0.15) is 11.2 Å². The molecule has 182 valence electrons. The molecule has 1 saturated heterocycles. The highest BCUT2D eigenvalue weighted by Gasteiger charge is 2.59. The minimum absolute atomic E-state index is 0.0375. The van der Waals surface area contributed by atoms with Gasteiger partial charge in [-0.1, -0.05) is 18.2 Å². The summed E-state index contributed by atoms with van der Waals surface area (Å²) in [5.41, 5.74) is 1.65. The molecule has 0 saturated carbocycles. The van der Waals surface area contributed by atoms with E-state index in [1.54, 1.807) is 27.7 Å². The highest BCUT2D eigenvalue weighted by atomic mass is 19.4. The fourth-order valence-corrected chi connectivity index (χ4v) is 5.47. The largest absolute Gasteiger partial charge is 0.465 e. The molecule has 2 amide bonds. The first kappa shape index (κ1) is 22.7. The summed E-state index contributed by atoms with van der Waals surface area (Å²) in [5, 5.41) is 19.9. The van der Waals surface area contributed by atoms with Gasteiger partial charge < -0.3 is 24.6 Å². The second-order valence-corrected chi connectivity index (χ2v) is 9.27. The third-order valence-electron chi connectivity index (χ3n) is 7.07. The molecule has 1 atom stereocenters. The molecule has 8 nitrogen and oxygen atoms in total. The Hall–Kier alpha value is -3.08. The van der Waals surface area contributed by atoms with Gasteiger partial charge in [-0.05, 0) is 37.3 Å². The highest BCUT2D eigenvalue weighted by Crippen LogP contribution is 2.48. The fraction of sp³-hybridized carbons (Fsp3) is 0.522. The van der Waals surface area contributed by atoms with E-state index < -0.39 is 30.2 Å². The Balaban J connectivity index is 1.47. The lowest BCUT2D eigenvalue weighted by Gasteiger charge is -2.45. The van der Waals surface area contributed by atoms with E-state index in [2.05, 4.69) is 4.98 Å². The Morgan fingerprint density at radius 2 is 1.97 bits per heavy atom. The molecule has 0 bridgehead atoms. The molecule has 1 unspecified atom stereocenters. The van der Waals surface area contributed by atoms with Crippen molar-refractivity contribution in [3.63, 3.8) is 0 Å². The van der Waals surface area contributed by atoms with Crippen LogP contribution in [-0.4, -0.2) is 55.9 Å². The van der Waals surface area contributed by atoms with Gasteiger partial charge in [0.25, 0.3) is 0 Å². The smallest absolute Gasteiger partial charge is 0.407 e. The molecule has 2 aliphatic heterocycles. The van der Waals surface area contributed by atoms with E-state index in [4.69, 9.17) is 0 Å². The van der Waals surface area contributed by atoms with Gasteiger partial charge in [0.15, 0.2) is 0 Å². The van der Waals surface area contributed by atoms with Crippen molar-refractivity contribution < 1.29 is 33.0 Å². The number of para-hydroxylation sites is 1. The Bertz CT molecular complexity index is 1140. The number of amides is 2. The molecule has 1 aromatic carbocycles. The SMILES string of the molecule is O=C(O)N1CC2(C1)C(=O)N(Cc1nc3c(n1CCCC(F)(F)F)C(O)CCC3)c1ccccc12.